The van der Waals surface area contributed by atoms with E-state index in [2.05, 4.69) is 40.9 Å². The Balaban J connectivity index is 1.81. The van der Waals surface area contributed by atoms with E-state index >= 15 is 0 Å². The van der Waals surface area contributed by atoms with Gasteiger partial charge in [-0.15, -0.1) is 0 Å². The minimum atomic E-state index is 0.468. The summed E-state index contributed by atoms with van der Waals surface area (Å²) in [6.07, 6.45) is 7.87. The summed E-state index contributed by atoms with van der Waals surface area (Å²) in [5.74, 6) is 1.91. The van der Waals surface area contributed by atoms with Gasteiger partial charge in [0.25, 0.3) is 0 Å². The quantitative estimate of drug-likeness (QED) is 0.602. The molecule has 4 heteroatoms. The van der Waals surface area contributed by atoms with Crippen molar-refractivity contribution in [2.45, 2.75) is 59.3 Å². The van der Waals surface area contributed by atoms with Crippen LogP contribution in [0.4, 0.5) is 0 Å². The predicted molar refractivity (Wildman–Crippen MR) is 100 cm³/mol. The molecule has 2 aliphatic heterocycles. The normalized spacial score (nSPS) is 30.0. The number of aliphatic imine (C=N–C) groups is 1. The highest BCUT2D eigenvalue weighted by atomic mass is 15.3. The third-order valence-corrected chi connectivity index (χ3v) is 5.60. The highest BCUT2D eigenvalue weighted by Gasteiger charge is 2.31. The lowest BCUT2D eigenvalue weighted by Crippen LogP contribution is -2.50. The van der Waals surface area contributed by atoms with Crippen LogP contribution in [-0.4, -0.2) is 62.1 Å². The van der Waals surface area contributed by atoms with Gasteiger partial charge in [0.1, 0.15) is 0 Å². The van der Waals surface area contributed by atoms with Crippen molar-refractivity contribution in [3.05, 3.63) is 0 Å². The van der Waals surface area contributed by atoms with E-state index in [1.54, 1.807) is 0 Å². The molecular formula is C19H38N4. The molecule has 2 atom stereocenters. The maximum Gasteiger partial charge on any atom is 0.193 e. The van der Waals surface area contributed by atoms with E-state index in [1.807, 2.05) is 7.05 Å². The van der Waals surface area contributed by atoms with Crippen LogP contribution in [0.25, 0.3) is 0 Å². The van der Waals surface area contributed by atoms with Gasteiger partial charge in [0.05, 0.1) is 0 Å². The molecule has 1 N–H and O–H groups in total. The molecule has 2 rings (SSSR count). The molecule has 2 unspecified atom stereocenters. The largest absolute Gasteiger partial charge is 0.356 e. The third kappa shape index (κ3) is 5.37. The zero-order valence-corrected chi connectivity index (χ0v) is 15.9. The summed E-state index contributed by atoms with van der Waals surface area (Å²) in [6, 6.07) is 0. The number of hydrogen-bond acceptors (Lipinski definition) is 2. The summed E-state index contributed by atoms with van der Waals surface area (Å²) < 4.78 is 0. The van der Waals surface area contributed by atoms with Crippen molar-refractivity contribution in [2.75, 3.05) is 46.3 Å². The molecule has 0 spiro atoms. The monoisotopic (exact) mass is 322 g/mol. The van der Waals surface area contributed by atoms with Gasteiger partial charge in [-0.1, -0.05) is 27.2 Å². The summed E-state index contributed by atoms with van der Waals surface area (Å²) >= 11 is 0. The second kappa shape index (κ2) is 8.91. The van der Waals surface area contributed by atoms with Crippen LogP contribution >= 0.6 is 0 Å². The van der Waals surface area contributed by atoms with E-state index in [9.17, 15) is 0 Å². The Bertz CT molecular complexity index is 378. The number of piperidine rings is 1. The Kier molecular flexibility index (Phi) is 7.19. The fraction of sp³-hybridized carbons (Fsp3) is 0.947. The maximum absolute atomic E-state index is 4.57. The zero-order valence-electron chi connectivity index (χ0n) is 15.9. The van der Waals surface area contributed by atoms with Crippen LogP contribution in [0.15, 0.2) is 4.99 Å². The minimum Gasteiger partial charge on any atom is -0.356 e. The molecule has 0 amide bonds. The van der Waals surface area contributed by atoms with Crippen LogP contribution < -0.4 is 5.32 Å². The van der Waals surface area contributed by atoms with Gasteiger partial charge < -0.3 is 15.1 Å². The molecule has 2 saturated heterocycles. The van der Waals surface area contributed by atoms with Gasteiger partial charge in [-0.2, -0.15) is 0 Å². The van der Waals surface area contributed by atoms with Gasteiger partial charge in [0, 0.05) is 33.2 Å². The SMILES string of the molecule is CCCN1CCC(CNC(=NC)N2CCCC(C)(CCC)C2)C1. The van der Waals surface area contributed by atoms with Crippen molar-refractivity contribution in [3.63, 3.8) is 0 Å². The second-order valence-corrected chi connectivity index (χ2v) is 7.97. The summed E-state index contributed by atoms with van der Waals surface area (Å²) in [6.45, 7) is 14.2. The van der Waals surface area contributed by atoms with Crippen LogP contribution in [0.2, 0.25) is 0 Å². The standard InChI is InChI=1S/C19H38N4/c1-5-9-19(3)10-7-12-23(16-19)18(20-4)21-14-17-8-13-22(15-17)11-6-2/h17H,5-16H2,1-4H3,(H,20,21). The molecule has 0 saturated carbocycles. The van der Waals surface area contributed by atoms with E-state index in [4.69, 9.17) is 0 Å². The highest BCUT2D eigenvalue weighted by Crippen LogP contribution is 2.33. The summed E-state index contributed by atoms with van der Waals surface area (Å²) in [4.78, 5) is 9.67. The molecule has 0 aromatic rings. The first-order valence-corrected chi connectivity index (χ1v) is 9.78. The average Bonchev–Trinajstić information content (AvgIpc) is 2.96. The topological polar surface area (TPSA) is 30.9 Å². The molecule has 134 valence electrons. The number of nitrogens with one attached hydrogen (secondary N) is 1. The Morgan fingerprint density at radius 2 is 2.09 bits per heavy atom. The molecule has 0 aromatic heterocycles. The Morgan fingerprint density at radius 3 is 2.78 bits per heavy atom. The molecule has 0 aromatic carbocycles. The van der Waals surface area contributed by atoms with Crippen molar-refractivity contribution >= 4 is 5.96 Å². The zero-order chi connectivity index (χ0) is 16.7. The van der Waals surface area contributed by atoms with Crippen LogP contribution in [0, 0.1) is 11.3 Å². The van der Waals surface area contributed by atoms with Crippen molar-refractivity contribution in [3.8, 4) is 0 Å². The lowest BCUT2D eigenvalue weighted by Gasteiger charge is -2.42. The van der Waals surface area contributed by atoms with Gasteiger partial charge in [-0.3, -0.25) is 4.99 Å². The van der Waals surface area contributed by atoms with Gasteiger partial charge in [0.15, 0.2) is 5.96 Å². The Labute approximate surface area is 143 Å². The van der Waals surface area contributed by atoms with E-state index < -0.39 is 0 Å². The summed E-state index contributed by atoms with van der Waals surface area (Å²) in [7, 11) is 1.94. The maximum atomic E-state index is 4.57. The van der Waals surface area contributed by atoms with E-state index in [0.717, 1.165) is 31.5 Å². The average molecular weight is 323 g/mol. The molecule has 23 heavy (non-hydrogen) atoms. The first-order chi connectivity index (χ1) is 11.1. The van der Waals surface area contributed by atoms with Crippen molar-refractivity contribution in [1.29, 1.82) is 0 Å². The van der Waals surface area contributed by atoms with Crippen LogP contribution in [-0.2, 0) is 0 Å². The van der Waals surface area contributed by atoms with E-state index in [-0.39, 0.29) is 0 Å². The fourth-order valence-corrected chi connectivity index (χ4v) is 4.47. The molecule has 0 radical (unpaired) electrons. The third-order valence-electron chi connectivity index (χ3n) is 5.60. The van der Waals surface area contributed by atoms with Gasteiger partial charge in [-0.25, -0.2) is 0 Å². The lowest BCUT2D eigenvalue weighted by atomic mass is 9.78. The van der Waals surface area contributed by atoms with Crippen molar-refractivity contribution in [1.82, 2.24) is 15.1 Å². The first-order valence-electron chi connectivity index (χ1n) is 9.78. The first kappa shape index (κ1) is 18.6. The van der Waals surface area contributed by atoms with Crippen LogP contribution in [0.1, 0.15) is 59.3 Å². The number of nitrogens with zero attached hydrogens (tertiary/aromatic N) is 3. The van der Waals surface area contributed by atoms with Gasteiger partial charge >= 0.3 is 0 Å². The molecule has 0 bridgehead atoms. The number of likely N-dealkylation sites (tertiary alicyclic amines) is 2. The molecular weight excluding hydrogens is 284 g/mol. The van der Waals surface area contributed by atoms with Crippen LogP contribution in [0.3, 0.4) is 0 Å². The van der Waals surface area contributed by atoms with Gasteiger partial charge in [-0.05, 0) is 56.5 Å². The van der Waals surface area contributed by atoms with Gasteiger partial charge in [0.2, 0.25) is 0 Å². The van der Waals surface area contributed by atoms with E-state index in [0.29, 0.717) is 5.41 Å². The molecule has 0 aliphatic carbocycles. The molecule has 4 nitrogen and oxygen atoms in total. The summed E-state index contributed by atoms with van der Waals surface area (Å²) in [5.41, 5.74) is 0.468. The lowest BCUT2D eigenvalue weighted by molar-refractivity contribution is 0.142. The fourth-order valence-electron chi connectivity index (χ4n) is 4.47. The number of guanidine groups is 1. The minimum absolute atomic E-state index is 0.468. The second-order valence-electron chi connectivity index (χ2n) is 7.97. The molecule has 2 heterocycles. The van der Waals surface area contributed by atoms with Crippen LogP contribution in [0.5, 0.6) is 0 Å². The van der Waals surface area contributed by atoms with E-state index in [1.165, 1.54) is 58.2 Å². The number of rotatable bonds is 6. The highest BCUT2D eigenvalue weighted by molar-refractivity contribution is 5.80. The summed E-state index contributed by atoms with van der Waals surface area (Å²) in [5, 5.41) is 3.67. The smallest absolute Gasteiger partial charge is 0.193 e. The van der Waals surface area contributed by atoms with Crippen molar-refractivity contribution in [2.24, 2.45) is 16.3 Å². The number of hydrogen-bond donors (Lipinski definition) is 1. The molecule has 2 fully saturated rings. The van der Waals surface area contributed by atoms with Crippen molar-refractivity contribution < 1.29 is 0 Å². The Hall–Kier alpha value is -0.770. The molecule has 2 aliphatic rings. The predicted octanol–water partition coefficient (Wildman–Crippen LogP) is 3.20. The Morgan fingerprint density at radius 1 is 1.26 bits per heavy atom.